The first-order valence-corrected chi connectivity index (χ1v) is 13.5. The lowest BCUT2D eigenvalue weighted by molar-refractivity contribution is -0.138. The number of thiophene rings is 1. The second-order valence-corrected chi connectivity index (χ2v) is 11.0. The smallest absolute Gasteiger partial charge is 0.264 e. The predicted octanol–water partition coefficient (Wildman–Crippen LogP) is 3.25. The molecule has 3 amide bonds. The van der Waals surface area contributed by atoms with E-state index in [4.69, 9.17) is 0 Å². The van der Waals surface area contributed by atoms with Gasteiger partial charge in [0, 0.05) is 23.0 Å². The van der Waals surface area contributed by atoms with E-state index in [0.717, 1.165) is 10.0 Å². The number of ketones is 1. The Morgan fingerprint density at radius 3 is 2.57 bits per heavy atom. The van der Waals surface area contributed by atoms with Gasteiger partial charge in [-0.3, -0.25) is 19.2 Å². The molecule has 2 fully saturated rings. The van der Waals surface area contributed by atoms with E-state index < -0.39 is 18.0 Å². The molecule has 2 saturated heterocycles. The number of halogens is 1. The number of rotatable bonds is 6. The fraction of sp³-hybridized carbons (Fsp3) is 0.259. The van der Waals surface area contributed by atoms with Gasteiger partial charge in [0.2, 0.25) is 5.91 Å². The summed E-state index contributed by atoms with van der Waals surface area (Å²) in [6, 6.07) is 14.7. The van der Waals surface area contributed by atoms with Gasteiger partial charge >= 0.3 is 0 Å². The average molecular weight is 582 g/mol. The standard InChI is InChI=1S/C27H24BrN3O5S/c28-18-4-1-3-17(14-18)25(34)29-20(13-16-6-8-19(32)9-7-16)26(35)30-11-10-21-24(30)22(33)15-31(21)27(36)23-5-2-12-37-23/h1-9,12,14,20-21,24,32H,10-11,13,15H2,(H,29,34)/t20-,21?,24?/m0/s1. The van der Waals surface area contributed by atoms with Crippen molar-refractivity contribution < 1.29 is 24.3 Å². The molecule has 0 spiro atoms. The van der Waals surface area contributed by atoms with Crippen LogP contribution in [0.15, 0.2) is 70.5 Å². The van der Waals surface area contributed by atoms with Crippen LogP contribution in [-0.4, -0.2) is 69.6 Å². The fourth-order valence-electron chi connectivity index (χ4n) is 5.02. The van der Waals surface area contributed by atoms with E-state index in [1.807, 2.05) is 5.38 Å². The van der Waals surface area contributed by atoms with E-state index in [-0.39, 0.29) is 42.4 Å². The normalized spacial score (nSPS) is 19.5. The van der Waals surface area contributed by atoms with Gasteiger partial charge in [-0.1, -0.05) is 40.2 Å². The summed E-state index contributed by atoms with van der Waals surface area (Å²) >= 11 is 4.68. The highest BCUT2D eigenvalue weighted by Crippen LogP contribution is 2.32. The van der Waals surface area contributed by atoms with E-state index in [9.17, 15) is 24.3 Å². The van der Waals surface area contributed by atoms with E-state index in [1.54, 1.807) is 53.4 Å². The molecule has 10 heteroatoms. The summed E-state index contributed by atoms with van der Waals surface area (Å²) in [5.41, 5.74) is 1.13. The molecule has 0 aliphatic carbocycles. The van der Waals surface area contributed by atoms with Crippen LogP contribution >= 0.6 is 27.3 Å². The molecule has 3 atom stereocenters. The van der Waals surface area contributed by atoms with Crippen molar-refractivity contribution >= 4 is 50.8 Å². The van der Waals surface area contributed by atoms with Crippen molar-refractivity contribution in [2.24, 2.45) is 0 Å². The lowest BCUT2D eigenvalue weighted by atomic mass is 10.0. The third kappa shape index (κ3) is 5.17. The largest absolute Gasteiger partial charge is 0.508 e. The maximum Gasteiger partial charge on any atom is 0.264 e. The fourth-order valence-corrected chi connectivity index (χ4v) is 6.10. The molecule has 2 unspecified atom stereocenters. The molecular formula is C27H24BrN3O5S. The van der Waals surface area contributed by atoms with Crippen LogP contribution in [0.5, 0.6) is 5.75 Å². The zero-order valence-corrected chi connectivity index (χ0v) is 22.1. The number of phenols is 1. The number of carbonyl (C=O) groups is 4. The van der Waals surface area contributed by atoms with Crippen LogP contribution in [0.2, 0.25) is 0 Å². The molecule has 2 aliphatic heterocycles. The van der Waals surface area contributed by atoms with Crippen molar-refractivity contribution in [3.05, 3.63) is 86.5 Å². The summed E-state index contributed by atoms with van der Waals surface area (Å²) in [6.07, 6.45) is 0.670. The molecule has 0 saturated carbocycles. The molecule has 1 aromatic heterocycles. The van der Waals surface area contributed by atoms with Gasteiger partial charge in [-0.25, -0.2) is 0 Å². The van der Waals surface area contributed by atoms with E-state index >= 15 is 0 Å². The van der Waals surface area contributed by atoms with Crippen molar-refractivity contribution in [2.45, 2.75) is 31.0 Å². The van der Waals surface area contributed by atoms with Gasteiger partial charge in [-0.15, -0.1) is 11.3 Å². The van der Waals surface area contributed by atoms with E-state index in [1.165, 1.54) is 28.4 Å². The predicted molar refractivity (Wildman–Crippen MR) is 141 cm³/mol. The summed E-state index contributed by atoms with van der Waals surface area (Å²) in [7, 11) is 0. The van der Waals surface area contributed by atoms with Gasteiger partial charge in [-0.2, -0.15) is 0 Å². The van der Waals surface area contributed by atoms with Crippen molar-refractivity contribution in [1.82, 2.24) is 15.1 Å². The molecule has 37 heavy (non-hydrogen) atoms. The average Bonchev–Trinajstić information content (AvgIpc) is 3.63. The van der Waals surface area contributed by atoms with Crippen molar-refractivity contribution in [2.75, 3.05) is 13.1 Å². The van der Waals surface area contributed by atoms with Crippen LogP contribution in [0.25, 0.3) is 0 Å². The number of nitrogens with zero attached hydrogens (tertiary/aromatic N) is 2. The van der Waals surface area contributed by atoms with E-state index in [0.29, 0.717) is 23.4 Å². The van der Waals surface area contributed by atoms with Crippen LogP contribution in [-0.2, 0) is 16.0 Å². The summed E-state index contributed by atoms with van der Waals surface area (Å²) in [5.74, 6) is -1.07. The van der Waals surface area contributed by atoms with Crippen LogP contribution in [0, 0.1) is 0 Å². The Kier molecular flexibility index (Phi) is 7.12. The van der Waals surface area contributed by atoms with Gasteiger partial charge in [0.15, 0.2) is 5.78 Å². The molecular weight excluding hydrogens is 558 g/mol. The molecule has 2 aliphatic rings. The zero-order chi connectivity index (χ0) is 26.1. The van der Waals surface area contributed by atoms with Crippen LogP contribution < -0.4 is 5.32 Å². The van der Waals surface area contributed by atoms with Crippen molar-refractivity contribution in [3.63, 3.8) is 0 Å². The van der Waals surface area contributed by atoms with Crippen molar-refractivity contribution in [3.8, 4) is 5.75 Å². The molecule has 2 aromatic carbocycles. The SMILES string of the molecule is O=C(N[C@@H](Cc1ccc(O)cc1)C(=O)N1CCC2C1C(=O)CN2C(=O)c1cccs1)c1cccc(Br)c1. The molecule has 3 heterocycles. The van der Waals surface area contributed by atoms with Gasteiger partial charge < -0.3 is 20.2 Å². The summed E-state index contributed by atoms with van der Waals surface area (Å²) in [5, 5.41) is 14.3. The summed E-state index contributed by atoms with van der Waals surface area (Å²) in [6.45, 7) is 0.274. The Balaban J connectivity index is 1.38. The Morgan fingerprint density at radius 1 is 1.08 bits per heavy atom. The highest BCUT2D eigenvalue weighted by molar-refractivity contribution is 9.10. The van der Waals surface area contributed by atoms with Gasteiger partial charge in [-0.05, 0) is 53.8 Å². The Morgan fingerprint density at radius 2 is 1.86 bits per heavy atom. The first kappa shape index (κ1) is 25.2. The molecule has 5 rings (SSSR count). The zero-order valence-electron chi connectivity index (χ0n) is 19.7. The van der Waals surface area contributed by atoms with E-state index in [2.05, 4.69) is 21.2 Å². The van der Waals surface area contributed by atoms with Gasteiger partial charge in [0.25, 0.3) is 11.8 Å². The van der Waals surface area contributed by atoms with Crippen LogP contribution in [0.3, 0.4) is 0 Å². The summed E-state index contributed by atoms with van der Waals surface area (Å²) < 4.78 is 0.732. The second-order valence-electron chi connectivity index (χ2n) is 9.12. The maximum absolute atomic E-state index is 13.8. The minimum atomic E-state index is -0.940. The lowest BCUT2D eigenvalue weighted by Gasteiger charge is -2.28. The first-order valence-electron chi connectivity index (χ1n) is 11.8. The number of nitrogens with one attached hydrogen (secondary N) is 1. The minimum absolute atomic E-state index is 0.0388. The third-order valence-corrected chi connectivity index (χ3v) is 8.12. The number of carbonyl (C=O) groups excluding carboxylic acids is 4. The maximum atomic E-state index is 13.8. The topological polar surface area (TPSA) is 107 Å². The van der Waals surface area contributed by atoms with Gasteiger partial charge in [0.1, 0.15) is 17.8 Å². The Hall–Kier alpha value is -3.50. The molecule has 3 aromatic rings. The summed E-state index contributed by atoms with van der Waals surface area (Å²) in [4.78, 5) is 56.6. The second kappa shape index (κ2) is 10.5. The number of fused-ring (bicyclic) bond motifs is 1. The number of amides is 3. The number of hydrogen-bond donors (Lipinski definition) is 2. The monoisotopic (exact) mass is 581 g/mol. The number of Topliss-reactive ketones (excluding diaryl/α,β-unsaturated/α-hetero) is 1. The van der Waals surface area contributed by atoms with Crippen LogP contribution in [0.1, 0.15) is 32.0 Å². The number of hydrogen-bond acceptors (Lipinski definition) is 6. The molecule has 8 nitrogen and oxygen atoms in total. The molecule has 190 valence electrons. The van der Waals surface area contributed by atoms with Crippen LogP contribution in [0.4, 0.5) is 0 Å². The number of likely N-dealkylation sites (tertiary alicyclic amines) is 2. The quantitative estimate of drug-likeness (QED) is 0.464. The van der Waals surface area contributed by atoms with Gasteiger partial charge in [0.05, 0.1) is 17.5 Å². The third-order valence-electron chi connectivity index (χ3n) is 6.76. The number of benzene rings is 2. The Bertz CT molecular complexity index is 1340. The number of aromatic hydroxyl groups is 1. The minimum Gasteiger partial charge on any atom is -0.508 e. The molecule has 2 N–H and O–H groups in total. The molecule has 0 bridgehead atoms. The van der Waals surface area contributed by atoms with Crippen molar-refractivity contribution in [1.29, 1.82) is 0 Å². The lowest BCUT2D eigenvalue weighted by Crippen LogP contribution is -2.53. The first-order chi connectivity index (χ1) is 17.8. The highest BCUT2D eigenvalue weighted by Gasteiger charge is 2.52. The highest BCUT2D eigenvalue weighted by atomic mass is 79.9. The Labute approximate surface area is 226 Å². The molecule has 0 radical (unpaired) electrons. The number of phenolic OH excluding ortho intramolecular Hbond substituents is 1.